The minimum absolute atomic E-state index is 0.492. The van der Waals surface area contributed by atoms with Crippen LogP contribution in [0.5, 0.6) is 0 Å². The number of benzene rings is 1. The van der Waals surface area contributed by atoms with Crippen LogP contribution < -0.4 is 9.13 Å². The molecule has 2 heterocycles. The van der Waals surface area contributed by atoms with Crippen molar-refractivity contribution in [1.29, 1.82) is 0 Å². The highest BCUT2D eigenvalue weighted by molar-refractivity contribution is 5.65. The van der Waals surface area contributed by atoms with Gasteiger partial charge in [0.1, 0.15) is 7.05 Å². The van der Waals surface area contributed by atoms with Crippen LogP contribution in [0.3, 0.4) is 0 Å². The zero-order chi connectivity index (χ0) is 17.5. The quantitative estimate of drug-likeness (QED) is 0.655. The van der Waals surface area contributed by atoms with Crippen LogP contribution in [-0.2, 0) is 13.2 Å². The molecule has 0 aliphatic rings. The molecule has 0 N–H and O–H groups in total. The molecule has 24 heavy (non-hydrogen) atoms. The summed E-state index contributed by atoms with van der Waals surface area (Å²) in [6.45, 7) is 3.68. The highest BCUT2D eigenvalue weighted by Gasteiger charge is 2.35. The number of hydrogen-bond donors (Lipinski definition) is 0. The third-order valence-corrected chi connectivity index (χ3v) is 4.09. The van der Waals surface area contributed by atoms with Crippen molar-refractivity contribution in [3.05, 3.63) is 66.0 Å². The van der Waals surface area contributed by atoms with Gasteiger partial charge in [0, 0.05) is 30.7 Å². The summed E-state index contributed by atoms with van der Waals surface area (Å²) in [5.74, 6) is 0. The lowest BCUT2D eigenvalue weighted by atomic mass is 9.99. The minimum Gasteiger partial charge on any atom is -0.412 e. The number of alkyl halides is 3. The van der Waals surface area contributed by atoms with E-state index in [0.717, 1.165) is 11.3 Å². The first-order chi connectivity index (χ1) is 11.3. The summed E-state index contributed by atoms with van der Waals surface area (Å²) >= 11 is 0. The Labute approximate surface area is 137 Å². The van der Waals surface area contributed by atoms with Crippen molar-refractivity contribution in [2.45, 2.75) is 20.0 Å². The van der Waals surface area contributed by atoms with Gasteiger partial charge in [-0.25, -0.2) is 0 Å². The van der Waals surface area contributed by atoms with Crippen molar-refractivity contribution in [2.75, 3.05) is 0 Å². The fourth-order valence-electron chi connectivity index (χ4n) is 2.76. The zero-order valence-electron chi connectivity index (χ0n) is 13.6. The fraction of sp³-hybridized carbons (Fsp3) is 0.222. The topological polar surface area (TPSA) is 20.9 Å². The Bertz CT molecular complexity index is 898. The van der Waals surface area contributed by atoms with Gasteiger partial charge >= 0.3 is 12.6 Å². The molecule has 0 unspecified atom stereocenters. The number of aromatic nitrogens is 2. The number of halogens is 3. The maximum Gasteiger partial charge on any atom is 0.416 e. The van der Waals surface area contributed by atoms with Gasteiger partial charge in [0.05, 0.1) is 11.1 Å². The molecule has 0 saturated heterocycles. The number of aryl methyl sites for hydroxylation is 2. The molecule has 3 nitrogen and oxygen atoms in total. The second kappa shape index (κ2) is 5.78. The molecule has 0 aliphatic heterocycles. The second-order valence-corrected chi connectivity index (χ2v) is 5.73. The molecule has 6 heteroatoms. The highest BCUT2D eigenvalue weighted by Crippen LogP contribution is 2.35. The first-order valence-corrected chi connectivity index (χ1v) is 7.40. The first-order valence-electron chi connectivity index (χ1n) is 7.40. The highest BCUT2D eigenvalue weighted by atomic mass is 19.4. The number of rotatable bonds is 2. The van der Waals surface area contributed by atoms with Crippen molar-refractivity contribution in [1.82, 2.24) is 0 Å². The van der Waals surface area contributed by atoms with Crippen LogP contribution in [0, 0.1) is 13.8 Å². The summed E-state index contributed by atoms with van der Waals surface area (Å²) < 4.78 is 48.7. The molecular weight excluding hydrogens is 317 g/mol. The average Bonchev–Trinajstić information content (AvgIpc) is 2.93. The Morgan fingerprint density at radius 3 is 2.42 bits per heavy atom. The van der Waals surface area contributed by atoms with Gasteiger partial charge in [0.15, 0.2) is 18.2 Å². The van der Waals surface area contributed by atoms with Crippen LogP contribution >= 0.6 is 0 Å². The van der Waals surface area contributed by atoms with Crippen molar-refractivity contribution in [2.24, 2.45) is 7.05 Å². The molecule has 0 aliphatic carbocycles. The van der Waals surface area contributed by atoms with Gasteiger partial charge in [0.25, 0.3) is 5.69 Å². The second-order valence-electron chi connectivity index (χ2n) is 5.73. The van der Waals surface area contributed by atoms with E-state index in [4.69, 9.17) is 4.42 Å². The van der Waals surface area contributed by atoms with E-state index >= 15 is 0 Å². The van der Waals surface area contributed by atoms with Gasteiger partial charge in [-0.05, 0) is 13.0 Å². The maximum atomic E-state index is 13.4. The van der Waals surface area contributed by atoms with Gasteiger partial charge in [0.2, 0.25) is 5.69 Å². The third-order valence-electron chi connectivity index (χ3n) is 4.09. The van der Waals surface area contributed by atoms with E-state index in [9.17, 15) is 13.2 Å². The van der Waals surface area contributed by atoms with Crippen molar-refractivity contribution < 1.29 is 26.7 Å². The number of nitrogens with zero attached hydrogens (tertiary/aromatic N) is 2. The van der Waals surface area contributed by atoms with Crippen LogP contribution in [0.15, 0.2) is 53.6 Å². The molecule has 3 aromatic rings. The standard InChI is InChI=1S/C18H17F3N2O/c1-12-6-4-5-7-23(12)16-9-14(18(19,20)21)8-15(13(16)2)17-10-24-11-22(17)3/h4-11H,1-3H3/q+2. The summed E-state index contributed by atoms with van der Waals surface area (Å²) in [7, 11) is 1.74. The Hall–Kier alpha value is -2.63. The zero-order valence-corrected chi connectivity index (χ0v) is 13.6. The number of oxazole rings is 1. The van der Waals surface area contributed by atoms with Crippen LogP contribution in [0.4, 0.5) is 13.2 Å². The van der Waals surface area contributed by atoms with E-state index in [2.05, 4.69) is 0 Å². The summed E-state index contributed by atoms with van der Waals surface area (Å²) in [5.41, 5.74) is 2.50. The number of hydrogen-bond acceptors (Lipinski definition) is 1. The van der Waals surface area contributed by atoms with E-state index < -0.39 is 11.7 Å². The lowest BCUT2D eigenvalue weighted by Gasteiger charge is -2.12. The molecule has 2 aromatic heterocycles. The predicted molar refractivity (Wildman–Crippen MR) is 81.3 cm³/mol. The Balaban J connectivity index is 2.34. The van der Waals surface area contributed by atoms with Gasteiger partial charge in [-0.15, -0.1) is 0 Å². The molecule has 0 saturated carbocycles. The molecule has 1 aromatic carbocycles. The van der Waals surface area contributed by atoms with Crippen LogP contribution in [0.2, 0.25) is 0 Å². The molecule has 0 fully saturated rings. The fourth-order valence-corrected chi connectivity index (χ4v) is 2.76. The molecule has 124 valence electrons. The van der Waals surface area contributed by atoms with Crippen molar-refractivity contribution >= 4 is 0 Å². The summed E-state index contributed by atoms with van der Waals surface area (Å²) in [4.78, 5) is 0. The predicted octanol–water partition coefficient (Wildman–Crippen LogP) is 3.68. The van der Waals surface area contributed by atoms with Crippen LogP contribution in [0.25, 0.3) is 16.9 Å². The Morgan fingerprint density at radius 1 is 1.08 bits per heavy atom. The summed E-state index contributed by atoms with van der Waals surface area (Å²) in [5, 5.41) is 0. The largest absolute Gasteiger partial charge is 0.416 e. The minimum atomic E-state index is -4.43. The van der Waals surface area contributed by atoms with E-state index in [1.165, 1.54) is 24.8 Å². The Kier molecular flexibility index (Phi) is 3.91. The maximum absolute atomic E-state index is 13.4. The first kappa shape index (κ1) is 16.2. The average molecular weight is 334 g/mol. The van der Waals surface area contributed by atoms with E-state index in [-0.39, 0.29) is 0 Å². The molecule has 0 spiro atoms. The molecule has 3 rings (SSSR count). The van der Waals surface area contributed by atoms with Gasteiger partial charge in [-0.1, -0.05) is 6.07 Å². The van der Waals surface area contributed by atoms with Crippen molar-refractivity contribution in [3.8, 4) is 16.9 Å². The summed E-state index contributed by atoms with van der Waals surface area (Å²) in [6.07, 6.45) is 0.240. The lowest BCUT2D eigenvalue weighted by Crippen LogP contribution is -2.35. The van der Waals surface area contributed by atoms with E-state index in [0.29, 0.717) is 16.9 Å². The van der Waals surface area contributed by atoms with E-state index in [1.807, 2.05) is 26.0 Å². The molecular formula is C18H17F3N2O+2. The molecule has 0 bridgehead atoms. The summed E-state index contributed by atoms with van der Waals surface area (Å²) in [6, 6.07) is 7.86. The van der Waals surface area contributed by atoms with Gasteiger partial charge in [-0.3, -0.25) is 0 Å². The third kappa shape index (κ3) is 2.79. The van der Waals surface area contributed by atoms with Gasteiger partial charge < -0.3 is 4.42 Å². The molecule has 0 amide bonds. The lowest BCUT2D eigenvalue weighted by molar-refractivity contribution is -0.664. The van der Waals surface area contributed by atoms with Gasteiger partial charge in [-0.2, -0.15) is 22.3 Å². The molecule has 0 atom stereocenters. The molecule has 0 radical (unpaired) electrons. The van der Waals surface area contributed by atoms with E-state index in [1.54, 1.807) is 28.4 Å². The van der Waals surface area contributed by atoms with Crippen LogP contribution in [0.1, 0.15) is 16.8 Å². The SMILES string of the molecule is Cc1c(-c2coc[n+]2C)cc(C(F)(F)F)cc1-[n+]1ccccc1C. The van der Waals surface area contributed by atoms with Crippen molar-refractivity contribution in [3.63, 3.8) is 0 Å². The normalized spacial score (nSPS) is 11.8. The smallest absolute Gasteiger partial charge is 0.412 e. The number of pyridine rings is 1. The monoisotopic (exact) mass is 334 g/mol. The van der Waals surface area contributed by atoms with Crippen LogP contribution in [-0.4, -0.2) is 0 Å². The Morgan fingerprint density at radius 2 is 1.83 bits per heavy atom.